The van der Waals surface area contributed by atoms with Crippen LogP contribution in [-0.2, 0) is 0 Å². The van der Waals surface area contributed by atoms with Gasteiger partial charge in [-0.3, -0.25) is 9.79 Å². The largest absolute Gasteiger partial charge is 0.318 e. The predicted octanol–water partition coefficient (Wildman–Crippen LogP) is 4.21. The molecule has 1 aliphatic carbocycles. The minimum Gasteiger partial charge on any atom is -0.318 e. The number of aliphatic imine (C=N–C) groups is 1. The molecule has 1 saturated carbocycles. The minimum absolute atomic E-state index is 0.0618. The molecule has 120 valence electrons. The lowest BCUT2D eigenvalue weighted by Crippen LogP contribution is -2.19. The van der Waals surface area contributed by atoms with Crippen molar-refractivity contribution in [2.45, 2.75) is 52.0 Å². The van der Waals surface area contributed by atoms with E-state index in [1.165, 1.54) is 19.3 Å². The molecule has 0 unspecified atom stereocenters. The predicted molar refractivity (Wildman–Crippen MR) is 96.0 cm³/mol. The van der Waals surface area contributed by atoms with Gasteiger partial charge in [-0.1, -0.05) is 37.5 Å². The van der Waals surface area contributed by atoms with Crippen molar-refractivity contribution >= 4 is 6.21 Å². The van der Waals surface area contributed by atoms with Crippen molar-refractivity contribution in [1.82, 2.24) is 4.57 Å². The monoisotopic (exact) mass is 308 g/mol. The molecule has 1 aromatic carbocycles. The van der Waals surface area contributed by atoms with E-state index in [4.69, 9.17) is 4.99 Å². The lowest BCUT2D eigenvalue weighted by Gasteiger charge is -2.18. The first kappa shape index (κ1) is 15.7. The van der Waals surface area contributed by atoms with E-state index >= 15 is 0 Å². The Labute approximate surface area is 137 Å². The molecule has 0 amide bonds. The number of aromatic nitrogens is 1. The summed E-state index contributed by atoms with van der Waals surface area (Å²) in [5.41, 5.74) is 3.76. The number of hydrogen-bond acceptors (Lipinski definition) is 2. The van der Waals surface area contributed by atoms with Crippen LogP contribution in [0.4, 0.5) is 0 Å². The van der Waals surface area contributed by atoms with Crippen LogP contribution < -0.4 is 5.43 Å². The summed E-state index contributed by atoms with van der Waals surface area (Å²) in [7, 11) is 0. The number of aryl methyl sites for hydroxylation is 1. The van der Waals surface area contributed by atoms with E-state index in [1.54, 1.807) is 6.07 Å². The number of para-hydroxylation sites is 1. The van der Waals surface area contributed by atoms with Gasteiger partial charge in [0.1, 0.15) is 0 Å². The zero-order chi connectivity index (χ0) is 16.2. The van der Waals surface area contributed by atoms with Crippen LogP contribution in [0.5, 0.6) is 0 Å². The van der Waals surface area contributed by atoms with Crippen LogP contribution in [0.2, 0.25) is 0 Å². The summed E-state index contributed by atoms with van der Waals surface area (Å²) < 4.78 is 2.13. The van der Waals surface area contributed by atoms with E-state index in [2.05, 4.69) is 16.7 Å². The van der Waals surface area contributed by atoms with Gasteiger partial charge in [-0.2, -0.15) is 0 Å². The highest BCUT2D eigenvalue weighted by molar-refractivity contribution is 5.81. The molecule has 3 heteroatoms. The summed E-state index contributed by atoms with van der Waals surface area (Å²) in [6, 6.07) is 12.3. The Morgan fingerprint density at radius 1 is 1.09 bits per heavy atom. The molecule has 1 fully saturated rings. The Kier molecular flexibility index (Phi) is 4.75. The van der Waals surface area contributed by atoms with Crippen LogP contribution in [0.15, 0.2) is 46.2 Å². The highest BCUT2D eigenvalue weighted by Crippen LogP contribution is 2.20. The van der Waals surface area contributed by atoms with E-state index in [-0.39, 0.29) is 5.43 Å². The van der Waals surface area contributed by atoms with Gasteiger partial charge in [-0.15, -0.1) is 0 Å². The Morgan fingerprint density at radius 2 is 1.78 bits per heavy atom. The average molecular weight is 308 g/mol. The van der Waals surface area contributed by atoms with E-state index in [0.717, 1.165) is 29.9 Å². The first-order chi connectivity index (χ1) is 11.2. The van der Waals surface area contributed by atoms with Gasteiger partial charge >= 0.3 is 0 Å². The molecule has 2 aromatic rings. The fourth-order valence-electron chi connectivity index (χ4n) is 3.44. The van der Waals surface area contributed by atoms with Crippen molar-refractivity contribution in [3.05, 3.63) is 63.6 Å². The van der Waals surface area contributed by atoms with Crippen molar-refractivity contribution in [1.29, 1.82) is 0 Å². The van der Waals surface area contributed by atoms with Crippen LogP contribution in [0.3, 0.4) is 0 Å². The Morgan fingerprint density at radius 3 is 2.48 bits per heavy atom. The zero-order valence-corrected chi connectivity index (χ0v) is 14.0. The first-order valence-electron chi connectivity index (χ1n) is 8.48. The fourth-order valence-corrected chi connectivity index (χ4v) is 3.44. The topological polar surface area (TPSA) is 34.4 Å². The molecule has 0 saturated heterocycles. The molecular formula is C20H24N2O. The SMILES string of the molecule is Cc1cc(=O)c(C=NC2CCCCC2)c(C)n1-c1ccccc1. The van der Waals surface area contributed by atoms with Crippen LogP contribution in [-0.4, -0.2) is 16.8 Å². The van der Waals surface area contributed by atoms with Gasteiger partial charge in [0.05, 0.1) is 5.56 Å². The van der Waals surface area contributed by atoms with Gasteiger partial charge in [0.25, 0.3) is 0 Å². The molecule has 1 heterocycles. The minimum atomic E-state index is 0.0618. The molecule has 0 aliphatic heterocycles. The number of nitrogens with zero attached hydrogens (tertiary/aromatic N) is 2. The molecule has 1 aliphatic rings. The second-order valence-electron chi connectivity index (χ2n) is 6.39. The maximum absolute atomic E-state index is 12.4. The standard InChI is InChI=1S/C20H24N2O/c1-15-13-20(23)19(14-21-17-9-5-3-6-10-17)16(2)22(15)18-11-7-4-8-12-18/h4,7-8,11-14,17H,3,5-6,9-10H2,1-2H3. The van der Waals surface area contributed by atoms with E-state index in [1.807, 2.05) is 38.3 Å². The summed E-state index contributed by atoms with van der Waals surface area (Å²) in [4.78, 5) is 17.1. The molecule has 3 rings (SSSR count). The molecule has 3 nitrogen and oxygen atoms in total. The second kappa shape index (κ2) is 6.95. The van der Waals surface area contributed by atoms with Gasteiger partial charge in [0.15, 0.2) is 5.43 Å². The molecule has 23 heavy (non-hydrogen) atoms. The molecular weight excluding hydrogens is 284 g/mol. The lowest BCUT2D eigenvalue weighted by atomic mass is 9.96. The highest BCUT2D eigenvalue weighted by atomic mass is 16.1. The molecule has 1 aromatic heterocycles. The van der Waals surface area contributed by atoms with Crippen molar-refractivity contribution in [2.24, 2.45) is 4.99 Å². The third-order valence-electron chi connectivity index (χ3n) is 4.69. The van der Waals surface area contributed by atoms with Gasteiger partial charge in [-0.05, 0) is 38.8 Å². The van der Waals surface area contributed by atoms with E-state index in [9.17, 15) is 4.79 Å². The summed E-state index contributed by atoms with van der Waals surface area (Å²) in [6.07, 6.45) is 7.93. The number of hydrogen-bond donors (Lipinski definition) is 0. The molecule has 0 spiro atoms. The van der Waals surface area contributed by atoms with Gasteiger partial charge in [0, 0.05) is 35.4 Å². The number of pyridine rings is 1. The molecule has 0 atom stereocenters. The van der Waals surface area contributed by atoms with Crippen molar-refractivity contribution < 1.29 is 0 Å². The molecule has 0 bridgehead atoms. The molecule has 0 N–H and O–H groups in total. The Bertz CT molecular complexity index is 753. The smallest absolute Gasteiger partial charge is 0.190 e. The van der Waals surface area contributed by atoms with Crippen LogP contribution >= 0.6 is 0 Å². The van der Waals surface area contributed by atoms with Gasteiger partial charge < -0.3 is 4.57 Å². The fraction of sp³-hybridized carbons (Fsp3) is 0.400. The van der Waals surface area contributed by atoms with Crippen LogP contribution in [0.1, 0.15) is 49.1 Å². The third kappa shape index (κ3) is 3.44. The summed E-state index contributed by atoms with van der Waals surface area (Å²) in [5, 5.41) is 0. The number of rotatable bonds is 3. The second-order valence-corrected chi connectivity index (χ2v) is 6.39. The van der Waals surface area contributed by atoms with Gasteiger partial charge in [-0.25, -0.2) is 0 Å². The van der Waals surface area contributed by atoms with Crippen LogP contribution in [0.25, 0.3) is 5.69 Å². The van der Waals surface area contributed by atoms with Gasteiger partial charge in [0.2, 0.25) is 0 Å². The number of benzene rings is 1. The Balaban J connectivity index is 2.00. The summed E-state index contributed by atoms with van der Waals surface area (Å²) in [5.74, 6) is 0. The third-order valence-corrected chi connectivity index (χ3v) is 4.69. The molecule has 0 radical (unpaired) electrons. The van der Waals surface area contributed by atoms with E-state index < -0.39 is 0 Å². The van der Waals surface area contributed by atoms with Crippen molar-refractivity contribution in [3.63, 3.8) is 0 Å². The van der Waals surface area contributed by atoms with Crippen molar-refractivity contribution in [3.8, 4) is 5.69 Å². The van der Waals surface area contributed by atoms with Crippen LogP contribution in [0, 0.1) is 13.8 Å². The first-order valence-corrected chi connectivity index (χ1v) is 8.48. The zero-order valence-electron chi connectivity index (χ0n) is 14.0. The normalized spacial score (nSPS) is 16.1. The highest BCUT2D eigenvalue weighted by Gasteiger charge is 2.13. The summed E-state index contributed by atoms with van der Waals surface area (Å²) in [6.45, 7) is 3.98. The van der Waals surface area contributed by atoms with Crippen molar-refractivity contribution in [2.75, 3.05) is 0 Å². The Hall–Kier alpha value is -2.16. The average Bonchev–Trinajstić information content (AvgIpc) is 2.56. The lowest BCUT2D eigenvalue weighted by molar-refractivity contribution is 0.444. The quantitative estimate of drug-likeness (QED) is 0.782. The maximum atomic E-state index is 12.4. The van der Waals surface area contributed by atoms with E-state index in [0.29, 0.717) is 11.6 Å². The maximum Gasteiger partial charge on any atom is 0.190 e. The summed E-state index contributed by atoms with van der Waals surface area (Å²) >= 11 is 0.